The Labute approximate surface area is 101 Å². The largest absolute Gasteiger partial charge is 0.337 e. The third-order valence-corrected chi connectivity index (χ3v) is 3.01. The van der Waals surface area contributed by atoms with Crippen molar-refractivity contribution in [3.8, 4) is 0 Å². The van der Waals surface area contributed by atoms with E-state index in [9.17, 15) is 4.79 Å². The summed E-state index contributed by atoms with van der Waals surface area (Å²) in [6.45, 7) is 1.67. The molecule has 17 heavy (non-hydrogen) atoms. The van der Waals surface area contributed by atoms with E-state index in [0.29, 0.717) is 11.5 Å². The molecular weight excluding hydrogens is 216 g/mol. The van der Waals surface area contributed by atoms with Crippen molar-refractivity contribution in [3.05, 3.63) is 23.9 Å². The summed E-state index contributed by atoms with van der Waals surface area (Å²) in [6.07, 6.45) is 4.59. The van der Waals surface area contributed by atoms with Crippen LogP contribution in [0, 0.1) is 0 Å². The lowest BCUT2D eigenvalue weighted by Crippen LogP contribution is -2.32. The zero-order valence-corrected chi connectivity index (χ0v) is 9.85. The number of amides is 1. The lowest BCUT2D eigenvalue weighted by atomic mass is 10.2. The molecule has 92 valence electrons. The van der Waals surface area contributed by atoms with Gasteiger partial charge in [0.1, 0.15) is 11.5 Å². The van der Waals surface area contributed by atoms with Crippen LogP contribution in [0.4, 0.5) is 5.82 Å². The van der Waals surface area contributed by atoms with Gasteiger partial charge in [0.2, 0.25) is 0 Å². The van der Waals surface area contributed by atoms with Crippen molar-refractivity contribution in [2.45, 2.75) is 25.7 Å². The van der Waals surface area contributed by atoms with Crippen LogP contribution in [0.1, 0.15) is 36.2 Å². The average molecular weight is 234 g/mol. The maximum absolute atomic E-state index is 12.2. The fourth-order valence-corrected chi connectivity index (χ4v) is 2.07. The van der Waals surface area contributed by atoms with Crippen LogP contribution < -0.4 is 11.3 Å². The van der Waals surface area contributed by atoms with E-state index in [2.05, 4.69) is 10.4 Å². The van der Waals surface area contributed by atoms with Gasteiger partial charge in [0.25, 0.3) is 5.91 Å². The molecule has 1 saturated heterocycles. The van der Waals surface area contributed by atoms with E-state index < -0.39 is 0 Å². The minimum atomic E-state index is 0.00370. The molecule has 0 radical (unpaired) electrons. The molecule has 0 unspecified atom stereocenters. The molecule has 0 saturated carbocycles. The van der Waals surface area contributed by atoms with Crippen molar-refractivity contribution in [1.82, 2.24) is 9.88 Å². The smallest absolute Gasteiger partial charge is 0.272 e. The van der Waals surface area contributed by atoms with Gasteiger partial charge in [-0.3, -0.25) is 4.79 Å². The van der Waals surface area contributed by atoms with E-state index in [4.69, 9.17) is 5.84 Å². The third-order valence-electron chi connectivity index (χ3n) is 3.01. The second kappa shape index (κ2) is 5.63. The molecule has 3 N–H and O–H groups in total. The highest BCUT2D eigenvalue weighted by atomic mass is 16.2. The number of aromatic nitrogens is 1. The minimum Gasteiger partial charge on any atom is -0.337 e. The van der Waals surface area contributed by atoms with Gasteiger partial charge in [0, 0.05) is 13.1 Å². The Morgan fingerprint density at radius 3 is 2.59 bits per heavy atom. The molecule has 0 aliphatic carbocycles. The maximum Gasteiger partial charge on any atom is 0.272 e. The predicted molar refractivity (Wildman–Crippen MR) is 66.4 cm³/mol. The summed E-state index contributed by atoms with van der Waals surface area (Å²) in [6, 6.07) is 5.25. The topological polar surface area (TPSA) is 71.2 Å². The van der Waals surface area contributed by atoms with Crippen LogP contribution >= 0.6 is 0 Å². The Hall–Kier alpha value is -1.62. The monoisotopic (exact) mass is 234 g/mol. The number of nitrogen functional groups attached to an aromatic ring is 1. The van der Waals surface area contributed by atoms with Crippen molar-refractivity contribution in [3.63, 3.8) is 0 Å². The Bertz CT molecular complexity index is 386. The van der Waals surface area contributed by atoms with Gasteiger partial charge in [0.05, 0.1) is 0 Å². The van der Waals surface area contributed by atoms with Gasteiger partial charge in [-0.2, -0.15) is 0 Å². The molecule has 0 atom stereocenters. The van der Waals surface area contributed by atoms with Crippen LogP contribution in [0.5, 0.6) is 0 Å². The summed E-state index contributed by atoms with van der Waals surface area (Å²) < 4.78 is 0. The first-order valence-corrected chi connectivity index (χ1v) is 6.04. The summed E-state index contributed by atoms with van der Waals surface area (Å²) >= 11 is 0. The first-order chi connectivity index (χ1) is 8.31. The highest BCUT2D eigenvalue weighted by Crippen LogP contribution is 2.13. The fraction of sp³-hybridized carbons (Fsp3) is 0.500. The van der Waals surface area contributed by atoms with Crippen molar-refractivity contribution in [2.75, 3.05) is 18.5 Å². The van der Waals surface area contributed by atoms with E-state index >= 15 is 0 Å². The maximum atomic E-state index is 12.2. The highest BCUT2D eigenvalue weighted by molar-refractivity contribution is 5.92. The first-order valence-electron chi connectivity index (χ1n) is 6.04. The highest BCUT2D eigenvalue weighted by Gasteiger charge is 2.18. The van der Waals surface area contributed by atoms with Crippen molar-refractivity contribution in [2.24, 2.45) is 5.84 Å². The van der Waals surface area contributed by atoms with Crippen LogP contribution in [0.15, 0.2) is 18.2 Å². The lowest BCUT2D eigenvalue weighted by Gasteiger charge is -2.19. The number of likely N-dealkylation sites (tertiary alicyclic amines) is 1. The second-order valence-corrected chi connectivity index (χ2v) is 4.26. The molecule has 1 aromatic heterocycles. The van der Waals surface area contributed by atoms with E-state index in [0.717, 1.165) is 25.9 Å². The summed E-state index contributed by atoms with van der Waals surface area (Å²) in [5.41, 5.74) is 2.92. The van der Waals surface area contributed by atoms with Crippen molar-refractivity contribution >= 4 is 11.7 Å². The Balaban J connectivity index is 2.11. The molecule has 2 heterocycles. The van der Waals surface area contributed by atoms with E-state index in [1.807, 2.05) is 4.90 Å². The molecule has 2 rings (SSSR count). The minimum absolute atomic E-state index is 0.00370. The van der Waals surface area contributed by atoms with Gasteiger partial charge in [-0.25, -0.2) is 10.8 Å². The summed E-state index contributed by atoms with van der Waals surface area (Å²) in [5, 5.41) is 0. The van der Waals surface area contributed by atoms with Gasteiger partial charge in [-0.1, -0.05) is 18.9 Å². The molecule has 1 aliphatic rings. The molecule has 5 heteroatoms. The van der Waals surface area contributed by atoms with Crippen molar-refractivity contribution < 1.29 is 4.79 Å². The van der Waals surface area contributed by atoms with Crippen LogP contribution in [-0.4, -0.2) is 28.9 Å². The predicted octanol–water partition coefficient (Wildman–Crippen LogP) is 1.38. The normalized spacial score (nSPS) is 16.4. The molecule has 1 fully saturated rings. The molecule has 0 aromatic carbocycles. The zero-order chi connectivity index (χ0) is 12.1. The number of nitrogens with one attached hydrogen (secondary N) is 1. The lowest BCUT2D eigenvalue weighted by molar-refractivity contribution is 0.0756. The van der Waals surface area contributed by atoms with Crippen molar-refractivity contribution in [1.29, 1.82) is 0 Å². The molecular formula is C12H18N4O. The summed E-state index contributed by atoms with van der Waals surface area (Å²) in [7, 11) is 0. The van der Waals surface area contributed by atoms with E-state index in [1.165, 1.54) is 12.8 Å². The first kappa shape index (κ1) is 11.9. The number of rotatable bonds is 2. The number of pyridine rings is 1. The molecule has 1 amide bonds. The van der Waals surface area contributed by atoms with Crippen LogP contribution in [0.2, 0.25) is 0 Å². The van der Waals surface area contributed by atoms with Crippen LogP contribution in [-0.2, 0) is 0 Å². The Morgan fingerprint density at radius 1 is 1.24 bits per heavy atom. The van der Waals surface area contributed by atoms with Gasteiger partial charge in [-0.15, -0.1) is 0 Å². The second-order valence-electron chi connectivity index (χ2n) is 4.26. The van der Waals surface area contributed by atoms with E-state index in [1.54, 1.807) is 18.2 Å². The number of nitrogens with two attached hydrogens (primary N) is 1. The molecule has 5 nitrogen and oxygen atoms in total. The third kappa shape index (κ3) is 2.94. The van der Waals surface area contributed by atoms with E-state index in [-0.39, 0.29) is 5.91 Å². The molecule has 0 spiro atoms. The van der Waals surface area contributed by atoms with Gasteiger partial charge in [0.15, 0.2) is 0 Å². The molecule has 1 aliphatic heterocycles. The number of nitrogens with zero attached hydrogens (tertiary/aromatic N) is 2. The van der Waals surface area contributed by atoms with Crippen LogP contribution in [0.3, 0.4) is 0 Å². The zero-order valence-electron chi connectivity index (χ0n) is 9.85. The van der Waals surface area contributed by atoms with Gasteiger partial charge < -0.3 is 10.3 Å². The molecule has 1 aromatic rings. The molecule has 0 bridgehead atoms. The Morgan fingerprint density at radius 2 is 1.94 bits per heavy atom. The number of carbonyl (C=O) groups excluding carboxylic acids is 1. The summed E-state index contributed by atoms with van der Waals surface area (Å²) in [5.74, 6) is 5.81. The number of carbonyl (C=O) groups is 1. The summed E-state index contributed by atoms with van der Waals surface area (Å²) in [4.78, 5) is 18.3. The number of anilines is 1. The number of hydrogen-bond donors (Lipinski definition) is 2. The quantitative estimate of drug-likeness (QED) is 0.599. The van der Waals surface area contributed by atoms with Crippen LogP contribution in [0.25, 0.3) is 0 Å². The van der Waals surface area contributed by atoms with Gasteiger partial charge in [-0.05, 0) is 25.0 Å². The standard InChI is InChI=1S/C12H18N4O/c13-15-11-7-5-6-10(14-11)12(17)16-8-3-1-2-4-9-16/h5-7H,1-4,8-9,13H2,(H,14,15). The Kier molecular flexibility index (Phi) is 3.93. The average Bonchev–Trinajstić information content (AvgIpc) is 2.67. The SMILES string of the molecule is NNc1cccc(C(=O)N2CCCCCC2)n1. The van der Waals surface area contributed by atoms with Gasteiger partial charge >= 0.3 is 0 Å². The number of hydrazine groups is 1. The number of hydrogen-bond acceptors (Lipinski definition) is 4. The fourth-order valence-electron chi connectivity index (χ4n) is 2.07.